The van der Waals surface area contributed by atoms with Crippen LogP contribution in [0.1, 0.15) is 12.0 Å². The molecule has 0 saturated carbocycles. The number of carbonyl (C=O) groups excluding carboxylic acids is 1. The molecule has 1 saturated heterocycles. The van der Waals surface area contributed by atoms with Gasteiger partial charge in [-0.05, 0) is 18.1 Å². The van der Waals surface area contributed by atoms with Crippen molar-refractivity contribution in [2.24, 2.45) is 5.92 Å². The molecule has 0 radical (unpaired) electrons. The summed E-state index contributed by atoms with van der Waals surface area (Å²) in [6, 6.07) is 3.77. The van der Waals surface area contributed by atoms with E-state index < -0.39 is 0 Å². The van der Waals surface area contributed by atoms with Crippen LogP contribution >= 0.6 is 0 Å². The number of rotatable bonds is 4. The van der Waals surface area contributed by atoms with E-state index in [2.05, 4.69) is 4.98 Å². The quantitative estimate of drug-likeness (QED) is 0.848. The largest absolute Gasteiger partial charge is 0.449 e. The van der Waals surface area contributed by atoms with E-state index in [-0.39, 0.29) is 18.6 Å². The number of aliphatic hydroxyl groups excluding tert-OH is 1. The molecule has 0 spiro atoms. The normalized spacial score (nSPS) is 20.2. The number of hydrogen-bond acceptors (Lipinski definition) is 4. The molecule has 5 nitrogen and oxygen atoms in total. The zero-order valence-electron chi connectivity index (χ0n) is 9.58. The molecule has 92 valence electrons. The number of nitrogens with zero attached hydrogens (tertiary/aromatic N) is 2. The number of aliphatic hydroxyl groups is 1. The summed E-state index contributed by atoms with van der Waals surface area (Å²) >= 11 is 0. The van der Waals surface area contributed by atoms with Gasteiger partial charge in [-0.2, -0.15) is 0 Å². The van der Waals surface area contributed by atoms with Gasteiger partial charge in [-0.1, -0.05) is 6.07 Å². The van der Waals surface area contributed by atoms with Crippen LogP contribution < -0.4 is 0 Å². The van der Waals surface area contributed by atoms with Gasteiger partial charge in [-0.25, -0.2) is 4.79 Å². The first-order valence-corrected chi connectivity index (χ1v) is 5.71. The minimum absolute atomic E-state index is 0.128. The summed E-state index contributed by atoms with van der Waals surface area (Å²) in [7, 11) is 0. The molecule has 1 amide bonds. The Morgan fingerprint density at radius 3 is 3.18 bits per heavy atom. The predicted octanol–water partition coefficient (Wildman–Crippen LogP) is 1.03. The van der Waals surface area contributed by atoms with Gasteiger partial charge in [0.05, 0.1) is 13.2 Å². The Labute approximate surface area is 100 Å². The number of carbonyl (C=O) groups is 1. The number of aromatic nitrogens is 1. The van der Waals surface area contributed by atoms with Gasteiger partial charge in [0.15, 0.2) is 0 Å². The first-order valence-electron chi connectivity index (χ1n) is 5.71. The van der Waals surface area contributed by atoms with Crippen molar-refractivity contribution < 1.29 is 14.6 Å². The molecule has 17 heavy (non-hydrogen) atoms. The zero-order chi connectivity index (χ0) is 12.1. The van der Waals surface area contributed by atoms with Gasteiger partial charge in [0.2, 0.25) is 0 Å². The van der Waals surface area contributed by atoms with Gasteiger partial charge in [0, 0.05) is 31.5 Å². The summed E-state index contributed by atoms with van der Waals surface area (Å²) in [6.45, 7) is 1.68. The first-order chi connectivity index (χ1) is 8.29. The number of pyridine rings is 1. The number of ether oxygens (including phenoxy) is 1. The topological polar surface area (TPSA) is 62.7 Å². The maximum Gasteiger partial charge on any atom is 0.410 e. The van der Waals surface area contributed by atoms with Crippen LogP contribution in [0.5, 0.6) is 0 Å². The lowest BCUT2D eigenvalue weighted by Crippen LogP contribution is -2.42. The number of amides is 1. The number of hydrogen-bond donors (Lipinski definition) is 1. The Morgan fingerprint density at radius 2 is 2.47 bits per heavy atom. The molecule has 2 heterocycles. The minimum atomic E-state index is -0.289. The smallest absolute Gasteiger partial charge is 0.410 e. The van der Waals surface area contributed by atoms with E-state index in [0.29, 0.717) is 26.1 Å². The van der Waals surface area contributed by atoms with Crippen molar-refractivity contribution in [3.8, 4) is 0 Å². The molecule has 1 unspecified atom stereocenters. The molecule has 1 aliphatic rings. The third-order valence-electron chi connectivity index (χ3n) is 2.81. The predicted molar refractivity (Wildman–Crippen MR) is 61.2 cm³/mol. The number of cyclic esters (lactones) is 1. The summed E-state index contributed by atoms with van der Waals surface area (Å²) in [5.41, 5.74) is 0.981. The standard InChI is InChI=1S/C12H16N2O3/c15-5-3-11-8-14(12(16)17-9-11)7-10-2-1-4-13-6-10/h1-2,4,6,11,15H,3,5,7-9H2. The Morgan fingerprint density at radius 1 is 1.59 bits per heavy atom. The molecule has 2 rings (SSSR count). The third-order valence-corrected chi connectivity index (χ3v) is 2.81. The third kappa shape index (κ3) is 3.17. The van der Waals surface area contributed by atoms with Crippen LogP contribution in [-0.4, -0.2) is 40.8 Å². The molecule has 1 aliphatic heterocycles. The minimum Gasteiger partial charge on any atom is -0.449 e. The van der Waals surface area contributed by atoms with Crippen molar-refractivity contribution >= 4 is 6.09 Å². The summed E-state index contributed by atoms with van der Waals surface area (Å²) in [5, 5.41) is 8.89. The molecular formula is C12H16N2O3. The van der Waals surface area contributed by atoms with Crippen LogP contribution in [0.4, 0.5) is 4.79 Å². The van der Waals surface area contributed by atoms with E-state index in [4.69, 9.17) is 9.84 Å². The maximum absolute atomic E-state index is 11.6. The monoisotopic (exact) mass is 236 g/mol. The van der Waals surface area contributed by atoms with E-state index in [1.54, 1.807) is 17.3 Å². The van der Waals surface area contributed by atoms with E-state index in [0.717, 1.165) is 5.56 Å². The van der Waals surface area contributed by atoms with Crippen molar-refractivity contribution in [2.75, 3.05) is 19.8 Å². The highest BCUT2D eigenvalue weighted by Crippen LogP contribution is 2.16. The zero-order valence-corrected chi connectivity index (χ0v) is 9.58. The molecule has 5 heteroatoms. The first kappa shape index (κ1) is 11.9. The summed E-state index contributed by atoms with van der Waals surface area (Å²) in [6.07, 6.45) is 3.81. The fourth-order valence-electron chi connectivity index (χ4n) is 1.92. The van der Waals surface area contributed by atoms with Crippen LogP contribution in [0.3, 0.4) is 0 Å². The lowest BCUT2D eigenvalue weighted by molar-refractivity contribution is 0.0327. The van der Waals surface area contributed by atoms with Crippen LogP contribution in [-0.2, 0) is 11.3 Å². The van der Waals surface area contributed by atoms with Crippen LogP contribution in [0.15, 0.2) is 24.5 Å². The highest BCUT2D eigenvalue weighted by atomic mass is 16.6. The highest BCUT2D eigenvalue weighted by molar-refractivity contribution is 5.68. The van der Waals surface area contributed by atoms with E-state index in [1.807, 2.05) is 12.1 Å². The molecule has 0 aliphatic carbocycles. The van der Waals surface area contributed by atoms with Crippen LogP contribution in [0.2, 0.25) is 0 Å². The second-order valence-corrected chi connectivity index (χ2v) is 4.20. The van der Waals surface area contributed by atoms with Gasteiger partial charge in [0.1, 0.15) is 0 Å². The van der Waals surface area contributed by atoms with Crippen molar-refractivity contribution in [2.45, 2.75) is 13.0 Å². The van der Waals surface area contributed by atoms with Crippen LogP contribution in [0, 0.1) is 5.92 Å². The molecule has 0 aromatic carbocycles. The second-order valence-electron chi connectivity index (χ2n) is 4.20. The van der Waals surface area contributed by atoms with Crippen molar-refractivity contribution in [1.82, 2.24) is 9.88 Å². The van der Waals surface area contributed by atoms with E-state index >= 15 is 0 Å². The maximum atomic E-state index is 11.6. The van der Waals surface area contributed by atoms with E-state index in [9.17, 15) is 4.79 Å². The molecule has 1 fully saturated rings. The van der Waals surface area contributed by atoms with E-state index in [1.165, 1.54) is 0 Å². The molecule has 1 aromatic rings. The Hall–Kier alpha value is -1.62. The van der Waals surface area contributed by atoms with Crippen molar-refractivity contribution in [1.29, 1.82) is 0 Å². The molecule has 0 bridgehead atoms. The Balaban J connectivity index is 1.96. The fourth-order valence-corrected chi connectivity index (χ4v) is 1.92. The van der Waals surface area contributed by atoms with Gasteiger partial charge < -0.3 is 14.7 Å². The molecular weight excluding hydrogens is 220 g/mol. The molecule has 1 atom stereocenters. The molecule has 1 N–H and O–H groups in total. The Bertz CT molecular complexity index is 369. The molecule has 1 aromatic heterocycles. The average Bonchev–Trinajstić information content (AvgIpc) is 2.35. The summed E-state index contributed by atoms with van der Waals surface area (Å²) in [5.74, 6) is 0.217. The van der Waals surface area contributed by atoms with Gasteiger partial charge in [-0.15, -0.1) is 0 Å². The summed E-state index contributed by atoms with van der Waals surface area (Å²) in [4.78, 5) is 17.2. The van der Waals surface area contributed by atoms with Crippen molar-refractivity contribution in [3.63, 3.8) is 0 Å². The SMILES string of the molecule is O=C1OCC(CCO)CN1Cc1cccnc1. The van der Waals surface area contributed by atoms with Crippen molar-refractivity contribution in [3.05, 3.63) is 30.1 Å². The van der Waals surface area contributed by atoms with Gasteiger partial charge >= 0.3 is 6.09 Å². The lowest BCUT2D eigenvalue weighted by atomic mass is 10.1. The fraction of sp³-hybridized carbons (Fsp3) is 0.500. The average molecular weight is 236 g/mol. The van der Waals surface area contributed by atoms with Gasteiger partial charge in [0.25, 0.3) is 0 Å². The highest BCUT2D eigenvalue weighted by Gasteiger charge is 2.26. The Kier molecular flexibility index (Phi) is 3.93. The van der Waals surface area contributed by atoms with Crippen LogP contribution in [0.25, 0.3) is 0 Å². The summed E-state index contributed by atoms with van der Waals surface area (Å²) < 4.78 is 5.08. The van der Waals surface area contributed by atoms with Gasteiger partial charge in [-0.3, -0.25) is 4.98 Å². The second kappa shape index (κ2) is 5.63. The lowest BCUT2D eigenvalue weighted by Gasteiger charge is -2.31.